The van der Waals surface area contributed by atoms with E-state index in [4.69, 9.17) is 0 Å². The lowest BCUT2D eigenvalue weighted by atomic mass is 10.00. The maximum Gasteiger partial charge on any atom is 0.244 e. The maximum atomic E-state index is 12.5. The van der Waals surface area contributed by atoms with Crippen molar-refractivity contribution in [3.63, 3.8) is 0 Å². The van der Waals surface area contributed by atoms with Gasteiger partial charge in [-0.3, -0.25) is 14.9 Å². The van der Waals surface area contributed by atoms with Gasteiger partial charge >= 0.3 is 0 Å². The van der Waals surface area contributed by atoms with Crippen LogP contribution in [0.3, 0.4) is 0 Å². The van der Waals surface area contributed by atoms with Crippen LogP contribution < -0.4 is 10.6 Å². The van der Waals surface area contributed by atoms with Gasteiger partial charge in [0.1, 0.15) is 11.9 Å². The number of benzene rings is 1. The first-order chi connectivity index (χ1) is 12.0. The number of amides is 2. The van der Waals surface area contributed by atoms with Crippen molar-refractivity contribution in [1.29, 1.82) is 0 Å². The first-order valence-electron chi connectivity index (χ1n) is 8.27. The molecule has 0 radical (unpaired) electrons. The standard InChI is InChI=1S/C19H22N4O2/c1-12-13(2)21-17(9-15(12)14-7-5-4-6-8-14)22-19(25)16-11-23(3)18(24)10-20-16/h4-9,16,20H,10-11H2,1-3H3,(H,21,22,25). The fourth-order valence-electron chi connectivity index (χ4n) is 2.89. The number of aryl methyl sites for hydroxylation is 1. The molecule has 0 aliphatic carbocycles. The van der Waals surface area contributed by atoms with Crippen molar-refractivity contribution in [2.75, 3.05) is 25.5 Å². The zero-order valence-corrected chi connectivity index (χ0v) is 14.7. The molecule has 130 valence electrons. The molecule has 0 saturated carbocycles. The SMILES string of the molecule is Cc1nc(NC(=O)C2CN(C)C(=O)CN2)cc(-c2ccccc2)c1C. The van der Waals surface area contributed by atoms with E-state index < -0.39 is 6.04 Å². The van der Waals surface area contributed by atoms with E-state index in [-0.39, 0.29) is 18.4 Å². The van der Waals surface area contributed by atoms with Gasteiger partial charge in [0, 0.05) is 19.3 Å². The summed E-state index contributed by atoms with van der Waals surface area (Å²) in [7, 11) is 1.70. The first kappa shape index (κ1) is 17.1. The second kappa shape index (κ2) is 7.03. The summed E-state index contributed by atoms with van der Waals surface area (Å²) in [5.41, 5.74) is 4.10. The number of piperazine rings is 1. The fraction of sp³-hybridized carbons (Fsp3) is 0.316. The Hall–Kier alpha value is -2.73. The van der Waals surface area contributed by atoms with Gasteiger partial charge in [-0.1, -0.05) is 30.3 Å². The summed E-state index contributed by atoms with van der Waals surface area (Å²) >= 11 is 0. The normalized spacial score (nSPS) is 17.5. The van der Waals surface area contributed by atoms with Gasteiger partial charge in [0.05, 0.1) is 6.54 Å². The zero-order valence-electron chi connectivity index (χ0n) is 14.7. The predicted octanol–water partition coefficient (Wildman–Crippen LogP) is 1.73. The molecule has 6 nitrogen and oxygen atoms in total. The van der Waals surface area contributed by atoms with E-state index >= 15 is 0 Å². The average molecular weight is 338 g/mol. The molecule has 1 aromatic heterocycles. The molecule has 1 aliphatic heterocycles. The summed E-state index contributed by atoms with van der Waals surface area (Å²) < 4.78 is 0. The molecule has 1 aromatic carbocycles. The van der Waals surface area contributed by atoms with Gasteiger partial charge in [-0.05, 0) is 36.6 Å². The molecule has 1 aliphatic rings. The average Bonchev–Trinajstić information content (AvgIpc) is 2.61. The van der Waals surface area contributed by atoms with Crippen LogP contribution in [0.15, 0.2) is 36.4 Å². The Morgan fingerprint density at radius 2 is 2.00 bits per heavy atom. The van der Waals surface area contributed by atoms with Crippen molar-refractivity contribution in [2.24, 2.45) is 0 Å². The van der Waals surface area contributed by atoms with Crippen molar-refractivity contribution < 1.29 is 9.59 Å². The molecule has 0 bridgehead atoms. The molecule has 6 heteroatoms. The third-order valence-electron chi connectivity index (χ3n) is 4.55. The molecule has 2 heterocycles. The van der Waals surface area contributed by atoms with E-state index in [0.717, 1.165) is 22.4 Å². The molecule has 1 unspecified atom stereocenters. The third-order valence-corrected chi connectivity index (χ3v) is 4.55. The highest BCUT2D eigenvalue weighted by atomic mass is 16.2. The molecule has 1 atom stereocenters. The van der Waals surface area contributed by atoms with Crippen LogP contribution in [0.2, 0.25) is 0 Å². The number of pyridine rings is 1. The summed E-state index contributed by atoms with van der Waals surface area (Å²) in [6, 6.07) is 11.5. The summed E-state index contributed by atoms with van der Waals surface area (Å²) in [4.78, 5) is 30.1. The van der Waals surface area contributed by atoms with E-state index in [1.54, 1.807) is 11.9 Å². The number of rotatable bonds is 3. The van der Waals surface area contributed by atoms with Crippen molar-refractivity contribution in [2.45, 2.75) is 19.9 Å². The molecule has 1 saturated heterocycles. The smallest absolute Gasteiger partial charge is 0.244 e. The van der Waals surface area contributed by atoms with Crippen molar-refractivity contribution >= 4 is 17.6 Å². The lowest BCUT2D eigenvalue weighted by Gasteiger charge is -2.29. The second-order valence-corrected chi connectivity index (χ2v) is 6.33. The Kier molecular flexibility index (Phi) is 4.81. The van der Waals surface area contributed by atoms with E-state index in [0.29, 0.717) is 12.4 Å². The van der Waals surface area contributed by atoms with Crippen LogP contribution in [0.25, 0.3) is 11.1 Å². The number of nitrogens with one attached hydrogen (secondary N) is 2. The number of hydrogen-bond donors (Lipinski definition) is 2. The lowest BCUT2D eigenvalue weighted by molar-refractivity contribution is -0.133. The summed E-state index contributed by atoms with van der Waals surface area (Å²) in [6.07, 6.45) is 0. The van der Waals surface area contributed by atoms with Gasteiger partial charge in [-0.2, -0.15) is 0 Å². The van der Waals surface area contributed by atoms with Crippen LogP contribution in [0.5, 0.6) is 0 Å². The van der Waals surface area contributed by atoms with Gasteiger partial charge in [0.25, 0.3) is 0 Å². The number of anilines is 1. The van der Waals surface area contributed by atoms with E-state index in [1.807, 2.05) is 50.2 Å². The predicted molar refractivity (Wildman–Crippen MR) is 97.2 cm³/mol. The van der Waals surface area contributed by atoms with Crippen LogP contribution in [0, 0.1) is 13.8 Å². The maximum absolute atomic E-state index is 12.5. The molecular formula is C19H22N4O2. The van der Waals surface area contributed by atoms with Gasteiger partial charge in [0.15, 0.2) is 0 Å². The highest BCUT2D eigenvalue weighted by Gasteiger charge is 2.27. The molecule has 3 rings (SSSR count). The van der Waals surface area contributed by atoms with Gasteiger partial charge < -0.3 is 10.2 Å². The lowest BCUT2D eigenvalue weighted by Crippen LogP contribution is -2.57. The van der Waals surface area contributed by atoms with Crippen LogP contribution in [-0.4, -0.2) is 47.9 Å². The van der Waals surface area contributed by atoms with E-state index in [1.165, 1.54) is 0 Å². The van der Waals surface area contributed by atoms with E-state index in [2.05, 4.69) is 15.6 Å². The van der Waals surface area contributed by atoms with Gasteiger partial charge in [0.2, 0.25) is 11.8 Å². The number of likely N-dealkylation sites (N-methyl/N-ethyl adjacent to an activating group) is 1. The van der Waals surface area contributed by atoms with Crippen LogP contribution in [-0.2, 0) is 9.59 Å². The third kappa shape index (κ3) is 3.69. The van der Waals surface area contributed by atoms with E-state index in [9.17, 15) is 9.59 Å². The summed E-state index contributed by atoms with van der Waals surface area (Å²) in [5.74, 6) is 0.321. The van der Waals surface area contributed by atoms with Crippen LogP contribution >= 0.6 is 0 Å². The summed E-state index contributed by atoms with van der Waals surface area (Å²) in [5, 5.41) is 5.84. The van der Waals surface area contributed by atoms with Crippen molar-refractivity contribution in [3.8, 4) is 11.1 Å². The monoisotopic (exact) mass is 338 g/mol. The van der Waals surface area contributed by atoms with Crippen molar-refractivity contribution in [3.05, 3.63) is 47.7 Å². The zero-order chi connectivity index (χ0) is 18.0. The van der Waals surface area contributed by atoms with Crippen molar-refractivity contribution in [1.82, 2.24) is 15.2 Å². The number of carbonyl (C=O) groups is 2. The minimum Gasteiger partial charge on any atom is -0.343 e. The molecule has 0 spiro atoms. The fourth-order valence-corrected chi connectivity index (χ4v) is 2.89. The summed E-state index contributed by atoms with van der Waals surface area (Å²) in [6.45, 7) is 4.48. The number of nitrogens with zero attached hydrogens (tertiary/aromatic N) is 2. The minimum atomic E-state index is -0.439. The van der Waals surface area contributed by atoms with Gasteiger partial charge in [-0.15, -0.1) is 0 Å². The Morgan fingerprint density at radius 1 is 1.28 bits per heavy atom. The number of hydrogen-bond acceptors (Lipinski definition) is 4. The molecule has 1 fully saturated rings. The molecule has 2 amide bonds. The highest BCUT2D eigenvalue weighted by molar-refractivity contribution is 5.96. The molecule has 2 aromatic rings. The Balaban J connectivity index is 1.82. The highest BCUT2D eigenvalue weighted by Crippen LogP contribution is 2.27. The topological polar surface area (TPSA) is 74.3 Å². The second-order valence-electron chi connectivity index (χ2n) is 6.33. The largest absolute Gasteiger partial charge is 0.343 e. The quantitative estimate of drug-likeness (QED) is 0.894. The minimum absolute atomic E-state index is 0.0141. The van der Waals surface area contributed by atoms with Crippen LogP contribution in [0.4, 0.5) is 5.82 Å². The first-order valence-corrected chi connectivity index (χ1v) is 8.27. The molecule has 25 heavy (non-hydrogen) atoms. The Labute approximate surface area is 147 Å². The van der Waals surface area contributed by atoms with Gasteiger partial charge in [-0.25, -0.2) is 4.98 Å². The number of aromatic nitrogens is 1. The van der Waals surface area contributed by atoms with Crippen LogP contribution in [0.1, 0.15) is 11.3 Å². The Morgan fingerprint density at radius 3 is 2.68 bits per heavy atom. The number of carbonyl (C=O) groups excluding carboxylic acids is 2. The molecule has 2 N–H and O–H groups in total. The molecular weight excluding hydrogens is 316 g/mol. The Bertz CT molecular complexity index is 805.